The molecule has 1 unspecified atom stereocenters. The van der Waals surface area contributed by atoms with Crippen LogP contribution < -0.4 is 4.90 Å². The van der Waals surface area contributed by atoms with Crippen LogP contribution >= 0.6 is 11.6 Å². The SMILES string of the molecule is C=C(C)C1=CC(F)=C(N2CCC3(CC2)CC(C)N(c2ccc(C#N)c(Cl)c2)C3)CC1. The molecular formula is C25H29ClFN3. The molecule has 2 aliphatic heterocycles. The van der Waals surface area contributed by atoms with Crippen molar-refractivity contribution in [2.24, 2.45) is 5.41 Å². The summed E-state index contributed by atoms with van der Waals surface area (Å²) >= 11 is 6.27. The summed E-state index contributed by atoms with van der Waals surface area (Å²) in [6.45, 7) is 11.0. The maximum Gasteiger partial charge on any atom is 0.142 e. The van der Waals surface area contributed by atoms with Gasteiger partial charge in [0.1, 0.15) is 11.9 Å². The lowest BCUT2D eigenvalue weighted by Gasteiger charge is -2.42. The molecule has 0 saturated carbocycles. The molecule has 30 heavy (non-hydrogen) atoms. The van der Waals surface area contributed by atoms with E-state index in [0.717, 1.165) is 74.3 Å². The Bertz CT molecular complexity index is 963. The number of hydrogen-bond acceptors (Lipinski definition) is 3. The van der Waals surface area contributed by atoms with Crippen molar-refractivity contribution in [3.05, 3.63) is 64.1 Å². The molecule has 5 heteroatoms. The molecule has 1 spiro atoms. The van der Waals surface area contributed by atoms with Gasteiger partial charge in [0, 0.05) is 37.1 Å². The summed E-state index contributed by atoms with van der Waals surface area (Å²) in [7, 11) is 0. The van der Waals surface area contributed by atoms with Gasteiger partial charge < -0.3 is 9.80 Å². The lowest BCUT2D eigenvalue weighted by atomic mass is 9.76. The molecule has 3 nitrogen and oxygen atoms in total. The van der Waals surface area contributed by atoms with Gasteiger partial charge in [-0.05, 0) is 81.2 Å². The first-order valence-corrected chi connectivity index (χ1v) is 11.2. The van der Waals surface area contributed by atoms with E-state index in [-0.39, 0.29) is 11.2 Å². The smallest absolute Gasteiger partial charge is 0.142 e. The molecule has 2 fully saturated rings. The molecule has 0 bridgehead atoms. The van der Waals surface area contributed by atoms with E-state index in [1.807, 2.05) is 25.1 Å². The molecule has 0 aromatic heterocycles. The Balaban J connectivity index is 1.45. The fraction of sp³-hybridized carbons (Fsp3) is 0.480. The number of nitrogens with zero attached hydrogens (tertiary/aromatic N) is 3. The molecule has 1 aliphatic carbocycles. The van der Waals surface area contributed by atoms with Gasteiger partial charge in [0.25, 0.3) is 0 Å². The van der Waals surface area contributed by atoms with Gasteiger partial charge in [-0.1, -0.05) is 23.8 Å². The molecule has 2 heterocycles. The van der Waals surface area contributed by atoms with Crippen LogP contribution in [0.15, 0.2) is 53.5 Å². The Morgan fingerprint density at radius 3 is 2.63 bits per heavy atom. The van der Waals surface area contributed by atoms with E-state index in [0.29, 0.717) is 16.6 Å². The van der Waals surface area contributed by atoms with E-state index in [1.54, 1.807) is 6.08 Å². The average molecular weight is 426 g/mol. The number of nitriles is 1. The van der Waals surface area contributed by atoms with Crippen LogP contribution in [0.1, 0.15) is 51.5 Å². The van der Waals surface area contributed by atoms with Gasteiger partial charge in [0.2, 0.25) is 0 Å². The fourth-order valence-electron chi connectivity index (χ4n) is 5.38. The first kappa shape index (κ1) is 21.0. The van der Waals surface area contributed by atoms with Crippen LogP contribution in [-0.2, 0) is 0 Å². The molecule has 0 amide bonds. The zero-order valence-corrected chi connectivity index (χ0v) is 18.6. The number of anilines is 1. The minimum Gasteiger partial charge on any atom is -0.372 e. The van der Waals surface area contributed by atoms with Gasteiger partial charge in [0.05, 0.1) is 10.6 Å². The molecule has 1 atom stereocenters. The molecule has 1 aromatic rings. The number of hydrogen-bond donors (Lipinski definition) is 0. The summed E-state index contributed by atoms with van der Waals surface area (Å²) in [5.41, 5.74) is 4.74. The summed E-state index contributed by atoms with van der Waals surface area (Å²) in [5.74, 6) is -0.0798. The second kappa shape index (κ2) is 8.12. The van der Waals surface area contributed by atoms with Gasteiger partial charge in [-0.2, -0.15) is 5.26 Å². The summed E-state index contributed by atoms with van der Waals surface area (Å²) in [5, 5.41) is 9.64. The van der Waals surface area contributed by atoms with Crippen LogP contribution in [0.5, 0.6) is 0 Å². The summed E-state index contributed by atoms with van der Waals surface area (Å²) in [6.07, 6.45) is 6.62. The van der Waals surface area contributed by atoms with Crippen LogP contribution in [0.25, 0.3) is 0 Å². The highest BCUT2D eigenvalue weighted by molar-refractivity contribution is 6.32. The molecule has 0 radical (unpaired) electrons. The van der Waals surface area contributed by atoms with Crippen molar-refractivity contribution in [2.75, 3.05) is 24.5 Å². The molecule has 3 aliphatic rings. The van der Waals surface area contributed by atoms with E-state index >= 15 is 0 Å². The van der Waals surface area contributed by atoms with Gasteiger partial charge in [-0.15, -0.1) is 0 Å². The topological polar surface area (TPSA) is 30.3 Å². The third-order valence-corrected chi connectivity index (χ3v) is 7.45. The van der Waals surface area contributed by atoms with Crippen LogP contribution in [0.4, 0.5) is 10.1 Å². The highest BCUT2D eigenvalue weighted by atomic mass is 35.5. The quantitative estimate of drug-likeness (QED) is 0.563. The third-order valence-electron chi connectivity index (χ3n) is 7.13. The Hall–Kier alpha value is -2.25. The molecular weight excluding hydrogens is 397 g/mol. The number of rotatable bonds is 3. The predicted molar refractivity (Wildman–Crippen MR) is 121 cm³/mol. The van der Waals surface area contributed by atoms with Crippen molar-refractivity contribution in [3.63, 3.8) is 0 Å². The van der Waals surface area contributed by atoms with Crippen LogP contribution in [0.3, 0.4) is 0 Å². The summed E-state index contributed by atoms with van der Waals surface area (Å²) in [4.78, 5) is 4.68. The zero-order valence-electron chi connectivity index (χ0n) is 17.8. The maximum atomic E-state index is 14.7. The number of benzene rings is 1. The largest absolute Gasteiger partial charge is 0.372 e. The van der Waals surface area contributed by atoms with E-state index in [9.17, 15) is 4.39 Å². The Morgan fingerprint density at radius 2 is 2.03 bits per heavy atom. The second-order valence-electron chi connectivity index (χ2n) is 9.19. The minimum absolute atomic E-state index is 0.0798. The third kappa shape index (κ3) is 3.88. The predicted octanol–water partition coefficient (Wildman–Crippen LogP) is 6.37. The first-order valence-electron chi connectivity index (χ1n) is 10.8. The van der Waals surface area contributed by atoms with Crippen LogP contribution in [0, 0.1) is 16.7 Å². The van der Waals surface area contributed by atoms with E-state index in [4.69, 9.17) is 16.9 Å². The van der Waals surface area contributed by atoms with E-state index in [2.05, 4.69) is 29.4 Å². The second-order valence-corrected chi connectivity index (χ2v) is 9.60. The number of allylic oxidation sites excluding steroid dienone is 5. The van der Waals surface area contributed by atoms with Gasteiger partial charge >= 0.3 is 0 Å². The van der Waals surface area contributed by atoms with Gasteiger partial charge in [0.15, 0.2) is 0 Å². The van der Waals surface area contributed by atoms with Crippen LogP contribution in [-0.4, -0.2) is 30.6 Å². The normalized spacial score (nSPS) is 23.6. The van der Waals surface area contributed by atoms with Gasteiger partial charge in [-0.25, -0.2) is 4.39 Å². The number of halogens is 2. The lowest BCUT2D eigenvalue weighted by molar-refractivity contribution is 0.138. The lowest BCUT2D eigenvalue weighted by Crippen LogP contribution is -2.41. The number of likely N-dealkylation sites (tertiary alicyclic amines) is 1. The highest BCUT2D eigenvalue weighted by Gasteiger charge is 2.44. The van der Waals surface area contributed by atoms with E-state index in [1.165, 1.54) is 0 Å². The minimum atomic E-state index is -0.0798. The zero-order chi connectivity index (χ0) is 21.5. The Kier molecular flexibility index (Phi) is 5.68. The summed E-state index contributed by atoms with van der Waals surface area (Å²) < 4.78 is 14.7. The standard InChI is InChI=1S/C25H29ClFN3/c1-17(2)19-5-7-24(23(27)12-19)29-10-8-25(9-11-29)14-18(3)30(16-25)21-6-4-20(15-28)22(26)13-21/h4,6,12-13,18H,1,5,7-11,14,16H2,2-3H3. The molecule has 1 aromatic carbocycles. The van der Waals surface area contributed by atoms with Crippen molar-refractivity contribution in [1.29, 1.82) is 5.26 Å². The molecule has 158 valence electrons. The Morgan fingerprint density at radius 1 is 1.30 bits per heavy atom. The highest BCUT2D eigenvalue weighted by Crippen LogP contribution is 2.46. The van der Waals surface area contributed by atoms with Crippen LogP contribution in [0.2, 0.25) is 5.02 Å². The maximum absolute atomic E-state index is 14.7. The van der Waals surface area contributed by atoms with Crippen molar-refractivity contribution >= 4 is 17.3 Å². The fourth-order valence-corrected chi connectivity index (χ4v) is 5.59. The van der Waals surface area contributed by atoms with Crippen molar-refractivity contribution < 1.29 is 4.39 Å². The number of piperidine rings is 1. The van der Waals surface area contributed by atoms with Crippen molar-refractivity contribution in [3.8, 4) is 6.07 Å². The Labute approximate surface area is 184 Å². The molecule has 2 saturated heterocycles. The molecule has 4 rings (SSSR count). The summed E-state index contributed by atoms with van der Waals surface area (Å²) in [6, 6.07) is 8.28. The van der Waals surface area contributed by atoms with Crippen molar-refractivity contribution in [1.82, 2.24) is 4.90 Å². The van der Waals surface area contributed by atoms with Gasteiger partial charge in [-0.3, -0.25) is 0 Å². The first-order chi connectivity index (χ1) is 14.3. The monoisotopic (exact) mass is 425 g/mol. The average Bonchev–Trinajstić information content (AvgIpc) is 3.04. The molecule has 0 N–H and O–H groups in total. The van der Waals surface area contributed by atoms with E-state index < -0.39 is 0 Å². The van der Waals surface area contributed by atoms with Crippen molar-refractivity contribution in [2.45, 2.75) is 52.0 Å².